The maximum atomic E-state index is 12.0. The second-order valence-corrected chi connectivity index (χ2v) is 6.14. The first-order chi connectivity index (χ1) is 12.2. The SMILES string of the molecule is CN1C(=O)C=CC(OCc2ccccc2)C1COCc1ccccc1. The minimum Gasteiger partial charge on any atom is -0.375 e. The standard InChI is InChI=1S/C21H23NO3/c1-22-19(16-24-14-17-8-4-2-5-9-17)20(12-13-21(22)23)25-15-18-10-6-3-7-11-18/h2-13,19-20H,14-16H2,1H3. The largest absolute Gasteiger partial charge is 0.375 e. The van der Waals surface area contributed by atoms with Crippen LogP contribution in [0.2, 0.25) is 0 Å². The lowest BCUT2D eigenvalue weighted by Gasteiger charge is -2.35. The Balaban J connectivity index is 1.59. The highest BCUT2D eigenvalue weighted by Crippen LogP contribution is 2.17. The number of likely N-dealkylation sites (N-methyl/N-ethyl adjacent to an activating group) is 1. The van der Waals surface area contributed by atoms with Gasteiger partial charge in [0.2, 0.25) is 5.91 Å². The molecule has 1 heterocycles. The molecule has 2 aromatic carbocycles. The third-order valence-electron chi connectivity index (χ3n) is 4.34. The van der Waals surface area contributed by atoms with E-state index >= 15 is 0 Å². The summed E-state index contributed by atoms with van der Waals surface area (Å²) < 4.78 is 11.9. The lowest BCUT2D eigenvalue weighted by Crippen LogP contribution is -2.50. The molecule has 2 aromatic rings. The molecule has 1 aliphatic rings. The molecule has 25 heavy (non-hydrogen) atoms. The summed E-state index contributed by atoms with van der Waals surface area (Å²) in [6.07, 6.45) is 3.23. The van der Waals surface area contributed by atoms with Crippen molar-refractivity contribution >= 4 is 5.91 Å². The van der Waals surface area contributed by atoms with E-state index in [2.05, 4.69) is 0 Å². The predicted molar refractivity (Wildman–Crippen MR) is 96.8 cm³/mol. The zero-order valence-corrected chi connectivity index (χ0v) is 14.4. The van der Waals surface area contributed by atoms with Crippen LogP contribution in [0.25, 0.3) is 0 Å². The normalized spacial score (nSPS) is 20.0. The van der Waals surface area contributed by atoms with Crippen LogP contribution in [0, 0.1) is 0 Å². The van der Waals surface area contributed by atoms with Crippen molar-refractivity contribution in [3.8, 4) is 0 Å². The van der Waals surface area contributed by atoms with Crippen molar-refractivity contribution in [2.45, 2.75) is 25.4 Å². The first-order valence-corrected chi connectivity index (χ1v) is 8.46. The third kappa shape index (κ3) is 4.78. The van der Waals surface area contributed by atoms with Gasteiger partial charge in [-0.05, 0) is 17.2 Å². The van der Waals surface area contributed by atoms with Crippen molar-refractivity contribution in [3.63, 3.8) is 0 Å². The highest BCUT2D eigenvalue weighted by atomic mass is 16.5. The van der Waals surface area contributed by atoms with Gasteiger partial charge < -0.3 is 14.4 Å². The zero-order valence-electron chi connectivity index (χ0n) is 14.4. The van der Waals surface area contributed by atoms with Gasteiger partial charge in [-0.1, -0.05) is 60.7 Å². The van der Waals surface area contributed by atoms with Crippen molar-refractivity contribution < 1.29 is 14.3 Å². The van der Waals surface area contributed by atoms with Gasteiger partial charge in [0.1, 0.15) is 0 Å². The number of benzene rings is 2. The average Bonchev–Trinajstić information content (AvgIpc) is 2.66. The molecule has 0 bridgehead atoms. The number of hydrogen-bond donors (Lipinski definition) is 0. The van der Waals surface area contributed by atoms with E-state index in [1.807, 2.05) is 66.7 Å². The molecular formula is C21H23NO3. The van der Waals surface area contributed by atoms with Gasteiger partial charge in [-0.3, -0.25) is 4.79 Å². The van der Waals surface area contributed by atoms with Gasteiger partial charge in [-0.25, -0.2) is 0 Å². The van der Waals surface area contributed by atoms with Crippen LogP contribution >= 0.6 is 0 Å². The van der Waals surface area contributed by atoms with Gasteiger partial charge in [-0.2, -0.15) is 0 Å². The fourth-order valence-corrected chi connectivity index (χ4v) is 2.82. The number of ether oxygens (including phenoxy) is 2. The number of rotatable bonds is 7. The second kappa shape index (κ2) is 8.60. The quantitative estimate of drug-likeness (QED) is 0.779. The zero-order chi connectivity index (χ0) is 17.5. The summed E-state index contributed by atoms with van der Waals surface area (Å²) >= 11 is 0. The highest BCUT2D eigenvalue weighted by Gasteiger charge is 2.30. The fraction of sp³-hybridized carbons (Fsp3) is 0.286. The molecule has 0 spiro atoms. The van der Waals surface area contributed by atoms with Crippen molar-refractivity contribution in [1.29, 1.82) is 0 Å². The molecule has 4 heteroatoms. The Labute approximate surface area is 148 Å². The Morgan fingerprint density at radius 1 is 0.920 bits per heavy atom. The maximum Gasteiger partial charge on any atom is 0.246 e. The molecule has 0 saturated heterocycles. The van der Waals surface area contributed by atoms with Gasteiger partial charge in [-0.15, -0.1) is 0 Å². The number of nitrogens with zero attached hydrogens (tertiary/aromatic N) is 1. The first-order valence-electron chi connectivity index (χ1n) is 8.46. The van der Waals surface area contributed by atoms with Gasteiger partial charge in [0.25, 0.3) is 0 Å². The van der Waals surface area contributed by atoms with E-state index in [-0.39, 0.29) is 18.1 Å². The van der Waals surface area contributed by atoms with E-state index < -0.39 is 0 Å². The van der Waals surface area contributed by atoms with Crippen LogP contribution in [0.1, 0.15) is 11.1 Å². The lowest BCUT2D eigenvalue weighted by atomic mass is 10.1. The summed E-state index contributed by atoms with van der Waals surface area (Å²) in [7, 11) is 1.79. The Morgan fingerprint density at radius 2 is 1.52 bits per heavy atom. The maximum absolute atomic E-state index is 12.0. The molecule has 3 rings (SSSR count). The van der Waals surface area contributed by atoms with Crippen LogP contribution in [0.15, 0.2) is 72.8 Å². The van der Waals surface area contributed by atoms with E-state index in [1.165, 1.54) is 0 Å². The minimum atomic E-state index is -0.182. The van der Waals surface area contributed by atoms with Crippen LogP contribution in [-0.2, 0) is 27.5 Å². The summed E-state index contributed by atoms with van der Waals surface area (Å²) in [6.45, 7) is 1.46. The molecule has 1 aliphatic heterocycles. The number of carbonyl (C=O) groups excluding carboxylic acids is 1. The van der Waals surface area contributed by atoms with Crippen LogP contribution in [0.5, 0.6) is 0 Å². The van der Waals surface area contributed by atoms with Crippen LogP contribution in [0.4, 0.5) is 0 Å². The van der Waals surface area contributed by atoms with E-state index in [1.54, 1.807) is 18.0 Å². The molecule has 130 valence electrons. The van der Waals surface area contributed by atoms with E-state index in [9.17, 15) is 4.79 Å². The molecule has 4 nitrogen and oxygen atoms in total. The number of amides is 1. The third-order valence-corrected chi connectivity index (χ3v) is 4.34. The molecule has 2 atom stereocenters. The summed E-state index contributed by atoms with van der Waals surface area (Å²) in [4.78, 5) is 13.7. The van der Waals surface area contributed by atoms with Crippen molar-refractivity contribution in [2.24, 2.45) is 0 Å². The van der Waals surface area contributed by atoms with Crippen molar-refractivity contribution in [3.05, 3.63) is 83.9 Å². The molecule has 1 amide bonds. The van der Waals surface area contributed by atoms with Crippen LogP contribution in [-0.4, -0.2) is 36.6 Å². The Morgan fingerprint density at radius 3 is 2.16 bits per heavy atom. The molecular weight excluding hydrogens is 314 g/mol. The summed E-state index contributed by atoms with van der Waals surface area (Å²) in [5, 5.41) is 0. The fourth-order valence-electron chi connectivity index (χ4n) is 2.82. The Kier molecular flexibility index (Phi) is 5.99. The first kappa shape index (κ1) is 17.4. The average molecular weight is 337 g/mol. The van der Waals surface area contributed by atoms with Crippen LogP contribution in [0.3, 0.4) is 0 Å². The second-order valence-electron chi connectivity index (χ2n) is 6.14. The smallest absolute Gasteiger partial charge is 0.246 e. The summed E-state index contributed by atoms with van der Waals surface area (Å²) in [6, 6.07) is 19.9. The minimum absolute atomic E-state index is 0.0205. The Hall–Kier alpha value is -2.43. The van der Waals surface area contributed by atoms with E-state index in [0.717, 1.165) is 11.1 Å². The van der Waals surface area contributed by atoms with Crippen LogP contribution < -0.4 is 0 Å². The highest BCUT2D eigenvalue weighted by molar-refractivity contribution is 5.88. The summed E-state index contributed by atoms with van der Waals surface area (Å²) in [5.41, 5.74) is 2.23. The van der Waals surface area contributed by atoms with Gasteiger partial charge in [0.15, 0.2) is 0 Å². The van der Waals surface area contributed by atoms with E-state index in [0.29, 0.717) is 19.8 Å². The van der Waals surface area contributed by atoms with Crippen molar-refractivity contribution in [1.82, 2.24) is 4.90 Å². The molecule has 2 unspecified atom stereocenters. The predicted octanol–water partition coefficient (Wildman–Crippen LogP) is 3.19. The number of carbonyl (C=O) groups is 1. The molecule has 0 fully saturated rings. The molecule has 0 saturated carbocycles. The van der Waals surface area contributed by atoms with Crippen molar-refractivity contribution in [2.75, 3.05) is 13.7 Å². The molecule has 0 aromatic heterocycles. The topological polar surface area (TPSA) is 38.8 Å². The molecule has 0 N–H and O–H groups in total. The van der Waals surface area contributed by atoms with Gasteiger partial charge in [0.05, 0.1) is 32.0 Å². The van der Waals surface area contributed by atoms with Gasteiger partial charge >= 0.3 is 0 Å². The molecule has 0 radical (unpaired) electrons. The number of hydrogen-bond acceptors (Lipinski definition) is 3. The Bertz CT molecular complexity index is 700. The summed E-state index contributed by atoms with van der Waals surface area (Å²) in [5.74, 6) is -0.0205. The lowest BCUT2D eigenvalue weighted by molar-refractivity contribution is -0.133. The molecule has 0 aliphatic carbocycles. The van der Waals surface area contributed by atoms with E-state index in [4.69, 9.17) is 9.47 Å². The monoisotopic (exact) mass is 337 g/mol. The van der Waals surface area contributed by atoms with Gasteiger partial charge in [0, 0.05) is 13.1 Å².